The van der Waals surface area contributed by atoms with Crippen molar-refractivity contribution < 1.29 is 4.79 Å². The molecule has 0 aliphatic heterocycles. The summed E-state index contributed by atoms with van der Waals surface area (Å²) in [6.45, 7) is 3.04. The Morgan fingerprint density at radius 3 is 2.61 bits per heavy atom. The Morgan fingerprint density at radius 1 is 1.13 bits per heavy atom. The quantitative estimate of drug-likeness (QED) is 0.783. The van der Waals surface area contributed by atoms with Gasteiger partial charge in [-0.3, -0.25) is 14.2 Å². The zero-order valence-corrected chi connectivity index (χ0v) is 13.2. The predicted molar refractivity (Wildman–Crippen MR) is 86.9 cm³/mol. The maximum Gasteiger partial charge on any atom is 0.255 e. The third-order valence-corrected chi connectivity index (χ3v) is 3.81. The molecule has 0 atom stereocenters. The standard InChI is InChI=1S/C17H19N5O/c1-13-16(10-19-21(13)2)17(23)18-8-15-9-20-22(12-15)11-14-6-4-3-5-7-14/h3-7,9-10,12H,8,11H2,1-2H3,(H,18,23). The van der Waals surface area contributed by atoms with Gasteiger partial charge in [-0.05, 0) is 12.5 Å². The molecule has 0 radical (unpaired) electrons. The maximum absolute atomic E-state index is 12.2. The molecule has 23 heavy (non-hydrogen) atoms. The van der Waals surface area contributed by atoms with Gasteiger partial charge in [0.1, 0.15) is 0 Å². The van der Waals surface area contributed by atoms with Crippen molar-refractivity contribution >= 4 is 5.91 Å². The number of hydrogen-bond donors (Lipinski definition) is 1. The summed E-state index contributed by atoms with van der Waals surface area (Å²) in [7, 11) is 1.82. The third kappa shape index (κ3) is 3.48. The summed E-state index contributed by atoms with van der Waals surface area (Å²) in [6, 6.07) is 10.1. The van der Waals surface area contributed by atoms with Gasteiger partial charge < -0.3 is 5.32 Å². The fourth-order valence-electron chi connectivity index (χ4n) is 2.35. The number of nitrogens with one attached hydrogen (secondary N) is 1. The zero-order valence-electron chi connectivity index (χ0n) is 13.2. The first-order valence-electron chi connectivity index (χ1n) is 7.45. The van der Waals surface area contributed by atoms with Crippen molar-refractivity contribution in [2.24, 2.45) is 7.05 Å². The van der Waals surface area contributed by atoms with Crippen molar-refractivity contribution in [3.63, 3.8) is 0 Å². The van der Waals surface area contributed by atoms with Crippen LogP contribution in [0.15, 0.2) is 48.9 Å². The van der Waals surface area contributed by atoms with Crippen LogP contribution in [0.25, 0.3) is 0 Å². The van der Waals surface area contributed by atoms with Gasteiger partial charge >= 0.3 is 0 Å². The molecular weight excluding hydrogens is 290 g/mol. The van der Waals surface area contributed by atoms with E-state index in [1.54, 1.807) is 17.1 Å². The molecule has 1 N–H and O–H groups in total. The van der Waals surface area contributed by atoms with E-state index in [0.717, 1.165) is 17.8 Å². The predicted octanol–water partition coefficient (Wildman–Crippen LogP) is 1.90. The average Bonchev–Trinajstić information content (AvgIpc) is 3.14. The first-order valence-corrected chi connectivity index (χ1v) is 7.45. The van der Waals surface area contributed by atoms with E-state index in [9.17, 15) is 4.79 Å². The first-order chi connectivity index (χ1) is 11.1. The highest BCUT2D eigenvalue weighted by atomic mass is 16.1. The van der Waals surface area contributed by atoms with Crippen molar-refractivity contribution in [2.75, 3.05) is 0 Å². The molecule has 0 fully saturated rings. The van der Waals surface area contributed by atoms with Crippen LogP contribution in [0.4, 0.5) is 0 Å². The molecule has 2 aromatic heterocycles. The molecule has 1 aromatic carbocycles. The summed E-state index contributed by atoms with van der Waals surface area (Å²) in [4.78, 5) is 12.2. The highest BCUT2D eigenvalue weighted by Gasteiger charge is 2.12. The molecule has 0 saturated heterocycles. The minimum Gasteiger partial charge on any atom is -0.348 e. The number of aryl methyl sites for hydroxylation is 1. The molecule has 6 heteroatoms. The summed E-state index contributed by atoms with van der Waals surface area (Å²) in [5, 5.41) is 11.3. The van der Waals surface area contributed by atoms with Gasteiger partial charge in [-0.25, -0.2) is 0 Å². The Morgan fingerprint density at radius 2 is 1.91 bits per heavy atom. The highest BCUT2D eigenvalue weighted by molar-refractivity contribution is 5.94. The third-order valence-electron chi connectivity index (χ3n) is 3.81. The molecule has 1 amide bonds. The molecule has 0 spiro atoms. The molecule has 118 valence electrons. The number of aromatic nitrogens is 4. The second-order valence-electron chi connectivity index (χ2n) is 5.48. The van der Waals surface area contributed by atoms with E-state index < -0.39 is 0 Å². The lowest BCUT2D eigenvalue weighted by Crippen LogP contribution is -2.23. The molecule has 6 nitrogen and oxygen atoms in total. The van der Waals surface area contributed by atoms with E-state index in [1.807, 2.05) is 43.0 Å². The second kappa shape index (κ2) is 6.48. The number of carbonyl (C=O) groups is 1. The molecule has 3 aromatic rings. The van der Waals surface area contributed by atoms with Crippen LogP contribution in [0.1, 0.15) is 27.2 Å². The van der Waals surface area contributed by atoms with Crippen LogP contribution >= 0.6 is 0 Å². The molecule has 0 bridgehead atoms. The highest BCUT2D eigenvalue weighted by Crippen LogP contribution is 2.07. The van der Waals surface area contributed by atoms with Gasteiger partial charge in [0.25, 0.3) is 5.91 Å². The number of nitrogens with zero attached hydrogens (tertiary/aromatic N) is 4. The smallest absolute Gasteiger partial charge is 0.255 e. The summed E-state index contributed by atoms with van der Waals surface area (Å²) in [6.07, 6.45) is 5.31. The fraction of sp³-hybridized carbons (Fsp3) is 0.235. The van der Waals surface area contributed by atoms with Gasteiger partial charge in [0.05, 0.1) is 24.5 Å². The number of hydrogen-bond acceptors (Lipinski definition) is 3. The maximum atomic E-state index is 12.2. The lowest BCUT2D eigenvalue weighted by atomic mass is 10.2. The Hall–Kier alpha value is -2.89. The van der Waals surface area contributed by atoms with Gasteiger partial charge in [-0.2, -0.15) is 10.2 Å². The van der Waals surface area contributed by atoms with Crippen molar-refractivity contribution in [3.05, 3.63) is 71.3 Å². The van der Waals surface area contributed by atoms with E-state index in [0.29, 0.717) is 12.1 Å². The van der Waals surface area contributed by atoms with Crippen LogP contribution in [0, 0.1) is 6.92 Å². The molecule has 0 unspecified atom stereocenters. The van der Waals surface area contributed by atoms with Gasteiger partial charge in [0, 0.05) is 31.0 Å². The van der Waals surface area contributed by atoms with Crippen LogP contribution in [0.3, 0.4) is 0 Å². The monoisotopic (exact) mass is 309 g/mol. The summed E-state index contributed by atoms with van der Waals surface area (Å²) < 4.78 is 3.55. The van der Waals surface area contributed by atoms with Crippen molar-refractivity contribution in [2.45, 2.75) is 20.0 Å². The second-order valence-corrected chi connectivity index (χ2v) is 5.48. The zero-order chi connectivity index (χ0) is 16.2. The van der Waals surface area contributed by atoms with E-state index in [1.165, 1.54) is 5.56 Å². The van der Waals surface area contributed by atoms with Crippen LogP contribution < -0.4 is 5.32 Å². The van der Waals surface area contributed by atoms with Crippen LogP contribution in [-0.2, 0) is 20.1 Å². The number of amides is 1. The lowest BCUT2D eigenvalue weighted by Gasteiger charge is -2.03. The summed E-state index contributed by atoms with van der Waals surface area (Å²) in [5.74, 6) is -0.119. The Labute approximate surface area is 134 Å². The van der Waals surface area contributed by atoms with Crippen LogP contribution in [-0.4, -0.2) is 25.5 Å². The van der Waals surface area contributed by atoms with Gasteiger partial charge in [0.2, 0.25) is 0 Å². The van der Waals surface area contributed by atoms with E-state index in [2.05, 4.69) is 27.6 Å². The Balaban J connectivity index is 1.59. The van der Waals surface area contributed by atoms with E-state index in [-0.39, 0.29) is 5.91 Å². The van der Waals surface area contributed by atoms with Gasteiger partial charge in [0.15, 0.2) is 0 Å². The largest absolute Gasteiger partial charge is 0.348 e. The number of benzene rings is 1. The minimum atomic E-state index is -0.119. The number of carbonyl (C=O) groups excluding carboxylic acids is 1. The molecule has 0 aliphatic carbocycles. The van der Waals surface area contributed by atoms with Crippen LogP contribution in [0.5, 0.6) is 0 Å². The topological polar surface area (TPSA) is 64.7 Å². The normalized spacial score (nSPS) is 10.7. The molecule has 2 heterocycles. The van der Waals surface area contributed by atoms with Gasteiger partial charge in [-0.15, -0.1) is 0 Å². The molecule has 0 saturated carbocycles. The van der Waals surface area contributed by atoms with Crippen molar-refractivity contribution in [1.29, 1.82) is 0 Å². The molecular formula is C17H19N5O. The Bertz CT molecular complexity index is 804. The first kappa shape index (κ1) is 15.0. The van der Waals surface area contributed by atoms with Crippen molar-refractivity contribution in [1.82, 2.24) is 24.9 Å². The molecule has 0 aliphatic rings. The van der Waals surface area contributed by atoms with Crippen molar-refractivity contribution in [3.8, 4) is 0 Å². The Kier molecular flexibility index (Phi) is 4.23. The van der Waals surface area contributed by atoms with E-state index >= 15 is 0 Å². The average molecular weight is 309 g/mol. The fourth-order valence-corrected chi connectivity index (χ4v) is 2.35. The SMILES string of the molecule is Cc1c(C(=O)NCc2cnn(Cc3ccccc3)c2)cnn1C. The van der Waals surface area contributed by atoms with E-state index in [4.69, 9.17) is 0 Å². The molecule has 3 rings (SSSR count). The lowest BCUT2D eigenvalue weighted by molar-refractivity contribution is 0.0950. The minimum absolute atomic E-state index is 0.119. The number of rotatable bonds is 5. The van der Waals surface area contributed by atoms with Gasteiger partial charge in [-0.1, -0.05) is 30.3 Å². The summed E-state index contributed by atoms with van der Waals surface area (Å²) in [5.41, 5.74) is 3.61. The van der Waals surface area contributed by atoms with Crippen LogP contribution in [0.2, 0.25) is 0 Å². The summed E-state index contributed by atoms with van der Waals surface area (Å²) >= 11 is 0.